The van der Waals surface area contributed by atoms with Gasteiger partial charge in [0.1, 0.15) is 12.9 Å². The smallest absolute Gasteiger partial charge is 0.297 e. The minimum absolute atomic E-state index is 0.0172. The van der Waals surface area contributed by atoms with E-state index in [0.29, 0.717) is 12.2 Å². The van der Waals surface area contributed by atoms with E-state index in [-0.39, 0.29) is 24.4 Å². The van der Waals surface area contributed by atoms with E-state index in [2.05, 4.69) is 0 Å². The van der Waals surface area contributed by atoms with Crippen LogP contribution in [0, 0.1) is 6.92 Å². The van der Waals surface area contributed by atoms with Crippen LogP contribution in [0.15, 0.2) is 29.2 Å². The highest BCUT2D eigenvalue weighted by Gasteiger charge is 2.22. The van der Waals surface area contributed by atoms with Gasteiger partial charge in [0.25, 0.3) is 10.1 Å². The third-order valence-electron chi connectivity index (χ3n) is 2.46. The fraction of sp³-hybridized carbons (Fsp3) is 0.455. The predicted molar refractivity (Wildman–Crippen MR) is 60.0 cm³/mol. The van der Waals surface area contributed by atoms with E-state index in [1.807, 2.05) is 0 Å². The Labute approximate surface area is 100 Å². The molecule has 0 aliphatic carbocycles. The fourth-order valence-corrected chi connectivity index (χ4v) is 2.70. The first kappa shape index (κ1) is 12.5. The van der Waals surface area contributed by atoms with Crippen LogP contribution in [0.1, 0.15) is 5.56 Å². The summed E-state index contributed by atoms with van der Waals surface area (Å²) < 4.78 is 38.8. The van der Waals surface area contributed by atoms with E-state index in [9.17, 15) is 8.42 Å². The summed E-state index contributed by atoms with van der Waals surface area (Å²) in [5.41, 5.74) is 0.663. The molecule has 1 aromatic rings. The quantitative estimate of drug-likeness (QED) is 0.756. The Kier molecular flexibility index (Phi) is 3.78. The van der Waals surface area contributed by atoms with E-state index >= 15 is 0 Å². The monoisotopic (exact) mass is 258 g/mol. The van der Waals surface area contributed by atoms with Crippen molar-refractivity contribution in [2.45, 2.75) is 17.9 Å². The molecule has 1 saturated heterocycles. The van der Waals surface area contributed by atoms with E-state index < -0.39 is 10.1 Å². The zero-order valence-electron chi connectivity index (χ0n) is 9.46. The molecule has 0 amide bonds. The maximum atomic E-state index is 11.9. The maximum absolute atomic E-state index is 11.9. The molecule has 0 N–H and O–H groups in total. The van der Waals surface area contributed by atoms with Gasteiger partial charge in [0.2, 0.25) is 0 Å². The van der Waals surface area contributed by atoms with Crippen molar-refractivity contribution in [3.8, 4) is 0 Å². The van der Waals surface area contributed by atoms with Crippen LogP contribution in [-0.4, -0.2) is 34.5 Å². The second kappa shape index (κ2) is 5.14. The number of rotatable bonds is 4. The summed E-state index contributed by atoms with van der Waals surface area (Å²) in [6, 6.07) is 6.70. The lowest BCUT2D eigenvalue weighted by atomic mass is 10.2. The number of benzene rings is 1. The van der Waals surface area contributed by atoms with Gasteiger partial charge >= 0.3 is 0 Å². The lowest BCUT2D eigenvalue weighted by Gasteiger charge is -2.10. The molecule has 5 nitrogen and oxygen atoms in total. The Bertz CT molecular complexity index is 476. The Morgan fingerprint density at radius 1 is 1.41 bits per heavy atom. The summed E-state index contributed by atoms with van der Waals surface area (Å²) in [5, 5.41) is 0. The molecule has 0 spiro atoms. The normalized spacial score (nSPS) is 20.6. The fourth-order valence-electron chi connectivity index (χ4n) is 1.53. The van der Waals surface area contributed by atoms with Crippen molar-refractivity contribution in [3.05, 3.63) is 29.8 Å². The van der Waals surface area contributed by atoms with Crippen LogP contribution >= 0.6 is 0 Å². The van der Waals surface area contributed by atoms with Gasteiger partial charge in [-0.25, -0.2) is 0 Å². The lowest BCUT2D eigenvalue weighted by molar-refractivity contribution is 0.0329. The molecule has 0 bridgehead atoms. The summed E-state index contributed by atoms with van der Waals surface area (Å²) in [5.74, 6) is 0. The van der Waals surface area contributed by atoms with Gasteiger partial charge in [-0.05, 0) is 18.6 Å². The van der Waals surface area contributed by atoms with E-state index in [0.717, 1.165) is 0 Å². The highest BCUT2D eigenvalue weighted by Crippen LogP contribution is 2.17. The minimum atomic E-state index is -3.71. The first-order valence-corrected chi connectivity index (χ1v) is 6.65. The third-order valence-corrected chi connectivity index (χ3v) is 3.91. The van der Waals surface area contributed by atoms with Gasteiger partial charge in [-0.2, -0.15) is 8.42 Å². The molecular weight excluding hydrogens is 244 g/mol. The third kappa shape index (κ3) is 3.04. The van der Waals surface area contributed by atoms with Crippen molar-refractivity contribution >= 4 is 10.1 Å². The van der Waals surface area contributed by atoms with E-state index in [1.54, 1.807) is 25.1 Å². The summed E-state index contributed by atoms with van der Waals surface area (Å²) in [6.07, 6.45) is -0.311. The minimum Gasteiger partial charge on any atom is -0.353 e. The highest BCUT2D eigenvalue weighted by atomic mass is 32.2. The van der Waals surface area contributed by atoms with Crippen LogP contribution in [0.5, 0.6) is 0 Å². The van der Waals surface area contributed by atoms with Crippen molar-refractivity contribution in [1.82, 2.24) is 0 Å². The number of aryl methyl sites for hydroxylation is 1. The molecule has 17 heavy (non-hydrogen) atoms. The van der Waals surface area contributed by atoms with Gasteiger partial charge in [0.05, 0.1) is 18.1 Å². The van der Waals surface area contributed by atoms with Gasteiger partial charge in [0.15, 0.2) is 0 Å². The summed E-state index contributed by atoms with van der Waals surface area (Å²) in [6.45, 7) is 2.27. The molecule has 0 radical (unpaired) electrons. The van der Waals surface area contributed by atoms with Crippen LogP contribution in [0.25, 0.3) is 0 Å². The molecule has 1 heterocycles. The summed E-state index contributed by atoms with van der Waals surface area (Å²) in [4.78, 5) is 0.193. The number of hydrogen-bond acceptors (Lipinski definition) is 5. The first-order valence-electron chi connectivity index (χ1n) is 5.24. The van der Waals surface area contributed by atoms with Gasteiger partial charge < -0.3 is 9.47 Å². The molecule has 6 heteroatoms. The molecule has 1 aliphatic rings. The molecule has 1 aromatic carbocycles. The van der Waals surface area contributed by atoms with Gasteiger partial charge in [-0.1, -0.05) is 18.2 Å². The zero-order chi connectivity index (χ0) is 12.3. The molecule has 94 valence electrons. The van der Waals surface area contributed by atoms with E-state index in [4.69, 9.17) is 13.7 Å². The second-order valence-electron chi connectivity index (χ2n) is 3.78. The van der Waals surface area contributed by atoms with Crippen molar-refractivity contribution < 1.29 is 22.1 Å². The second-order valence-corrected chi connectivity index (χ2v) is 5.37. The van der Waals surface area contributed by atoms with Crippen molar-refractivity contribution in [2.75, 3.05) is 20.0 Å². The number of hydrogen-bond donors (Lipinski definition) is 0. The zero-order valence-corrected chi connectivity index (χ0v) is 10.3. The lowest BCUT2D eigenvalue weighted by Crippen LogP contribution is -2.21. The SMILES string of the molecule is Cc1ccccc1S(=O)(=O)OCC1COCO1. The summed E-state index contributed by atoms with van der Waals surface area (Å²) in [7, 11) is -3.71. The van der Waals surface area contributed by atoms with Crippen LogP contribution in [0.3, 0.4) is 0 Å². The maximum Gasteiger partial charge on any atom is 0.297 e. The Morgan fingerprint density at radius 2 is 2.18 bits per heavy atom. The van der Waals surface area contributed by atoms with Crippen LogP contribution in [0.4, 0.5) is 0 Å². The van der Waals surface area contributed by atoms with Crippen molar-refractivity contribution in [3.63, 3.8) is 0 Å². The van der Waals surface area contributed by atoms with E-state index in [1.165, 1.54) is 6.07 Å². The molecule has 1 fully saturated rings. The number of ether oxygens (including phenoxy) is 2. The average molecular weight is 258 g/mol. The van der Waals surface area contributed by atoms with Crippen molar-refractivity contribution in [1.29, 1.82) is 0 Å². The van der Waals surface area contributed by atoms with Crippen LogP contribution in [0.2, 0.25) is 0 Å². The molecule has 1 unspecified atom stereocenters. The molecule has 2 rings (SSSR count). The predicted octanol–water partition coefficient (Wildman–Crippen LogP) is 1.07. The Balaban J connectivity index is 2.06. The molecular formula is C11H14O5S. The van der Waals surface area contributed by atoms with Crippen molar-refractivity contribution in [2.24, 2.45) is 0 Å². The molecule has 0 saturated carbocycles. The van der Waals surface area contributed by atoms with Gasteiger partial charge in [-0.3, -0.25) is 4.18 Å². The first-order chi connectivity index (χ1) is 8.09. The van der Waals surface area contributed by atoms with Crippen LogP contribution < -0.4 is 0 Å². The topological polar surface area (TPSA) is 61.8 Å². The molecule has 0 aromatic heterocycles. The summed E-state index contributed by atoms with van der Waals surface area (Å²) >= 11 is 0. The molecule has 1 aliphatic heterocycles. The highest BCUT2D eigenvalue weighted by molar-refractivity contribution is 7.86. The molecule has 1 atom stereocenters. The van der Waals surface area contributed by atoms with Crippen LogP contribution in [-0.2, 0) is 23.8 Å². The Hall–Kier alpha value is -0.950. The van der Waals surface area contributed by atoms with Gasteiger partial charge in [0, 0.05) is 0 Å². The van der Waals surface area contributed by atoms with Gasteiger partial charge in [-0.15, -0.1) is 0 Å². The Morgan fingerprint density at radius 3 is 2.82 bits per heavy atom. The largest absolute Gasteiger partial charge is 0.353 e. The standard InChI is InChI=1S/C11H14O5S/c1-9-4-2-3-5-11(9)17(12,13)16-7-10-6-14-8-15-10/h2-5,10H,6-8H2,1H3. The average Bonchev–Trinajstić information content (AvgIpc) is 2.80.